The van der Waals surface area contributed by atoms with Crippen molar-refractivity contribution < 1.29 is 18.4 Å². The number of aromatic nitrogens is 3. The van der Waals surface area contributed by atoms with Crippen LogP contribution in [0.1, 0.15) is 57.2 Å². The molecule has 3 atom stereocenters. The minimum absolute atomic E-state index is 0.00505. The van der Waals surface area contributed by atoms with Crippen molar-refractivity contribution in [2.45, 2.75) is 46.0 Å². The Morgan fingerprint density at radius 3 is 2.59 bits per heavy atom. The second-order valence-corrected chi connectivity index (χ2v) is 11.6. The van der Waals surface area contributed by atoms with Gasteiger partial charge in [0.15, 0.2) is 23.2 Å². The molecular weight excluding hydrogens is 500 g/mol. The monoisotopic (exact) mass is 529 g/mol. The van der Waals surface area contributed by atoms with E-state index in [-0.39, 0.29) is 28.9 Å². The zero-order valence-corrected chi connectivity index (χ0v) is 22.0. The molecule has 0 saturated heterocycles. The third-order valence-electron chi connectivity index (χ3n) is 7.79. The first-order valence-electron chi connectivity index (χ1n) is 13.1. The zero-order chi connectivity index (χ0) is 27.5. The van der Waals surface area contributed by atoms with E-state index in [0.717, 1.165) is 29.8 Å². The first-order chi connectivity index (χ1) is 18.6. The predicted molar refractivity (Wildman–Crippen MR) is 144 cm³/mol. The third kappa shape index (κ3) is 4.77. The van der Waals surface area contributed by atoms with Crippen molar-refractivity contribution in [3.8, 4) is 11.1 Å². The van der Waals surface area contributed by atoms with E-state index in [4.69, 9.17) is 0 Å². The molecule has 1 fully saturated rings. The summed E-state index contributed by atoms with van der Waals surface area (Å²) >= 11 is 0. The number of pyridine rings is 1. The lowest BCUT2D eigenvalue weighted by Crippen LogP contribution is -2.34. The fourth-order valence-corrected chi connectivity index (χ4v) is 5.52. The normalized spacial score (nSPS) is 23.3. The number of hydrogen-bond donors (Lipinski definition) is 2. The molecule has 3 unspecified atom stereocenters. The highest BCUT2D eigenvalue weighted by atomic mass is 19.2. The standard InChI is InChI=1S/C30H29F2N5O2/c1-16-10-21(16)29(39)36-37-28-22(15-34-37)20(27-25(35-28)12-30(2,3)13-26(27)38)8-7-19-6-4-18(14-33-19)17-5-9-23(31)24(32)11-17/h4-9,11,14-16,20-21,35H,10,12-13H2,1-3H3,(H,36,39)/b8-7+. The van der Waals surface area contributed by atoms with E-state index in [1.165, 1.54) is 10.9 Å². The van der Waals surface area contributed by atoms with Crippen LogP contribution in [0, 0.1) is 28.9 Å². The molecule has 1 amide bonds. The van der Waals surface area contributed by atoms with Gasteiger partial charge in [0.05, 0.1) is 11.9 Å². The summed E-state index contributed by atoms with van der Waals surface area (Å²) < 4.78 is 27.0. The molecule has 2 aromatic heterocycles. The summed E-state index contributed by atoms with van der Waals surface area (Å²) in [5.41, 5.74) is 6.89. The number of amides is 1. The van der Waals surface area contributed by atoms with Gasteiger partial charge in [-0.3, -0.25) is 14.6 Å². The second kappa shape index (κ2) is 9.25. The number of nitrogens with zero attached hydrogens (tertiary/aromatic N) is 3. The highest BCUT2D eigenvalue weighted by Gasteiger charge is 2.42. The fraction of sp³-hybridized carbons (Fsp3) is 0.333. The van der Waals surface area contributed by atoms with E-state index in [0.29, 0.717) is 47.0 Å². The maximum absolute atomic E-state index is 13.7. The number of carbonyl (C=O) groups excluding carboxylic acids is 2. The van der Waals surface area contributed by atoms with Crippen LogP contribution in [0.4, 0.5) is 14.6 Å². The summed E-state index contributed by atoms with van der Waals surface area (Å²) in [5.74, 6) is -1.14. The zero-order valence-electron chi connectivity index (χ0n) is 22.0. The molecule has 7 nitrogen and oxygen atoms in total. The van der Waals surface area contributed by atoms with Crippen molar-refractivity contribution in [1.82, 2.24) is 14.9 Å². The number of hydrogen-bond acceptors (Lipinski definition) is 5. The Bertz CT molecular complexity index is 1550. The van der Waals surface area contributed by atoms with Gasteiger partial charge in [0.1, 0.15) is 0 Å². The molecule has 3 aromatic rings. The molecule has 0 radical (unpaired) electrons. The summed E-state index contributed by atoms with van der Waals surface area (Å²) in [6.45, 7) is 6.19. The molecule has 200 valence electrons. The van der Waals surface area contributed by atoms with Gasteiger partial charge in [0, 0.05) is 46.9 Å². The van der Waals surface area contributed by atoms with Gasteiger partial charge >= 0.3 is 0 Å². The summed E-state index contributed by atoms with van der Waals surface area (Å²) in [6.07, 6.45) is 9.07. The highest BCUT2D eigenvalue weighted by Crippen LogP contribution is 2.47. The molecule has 9 heteroatoms. The molecule has 2 aliphatic carbocycles. The topological polar surface area (TPSA) is 88.9 Å². The van der Waals surface area contributed by atoms with Gasteiger partial charge in [0.25, 0.3) is 0 Å². The fourth-order valence-electron chi connectivity index (χ4n) is 5.52. The van der Waals surface area contributed by atoms with Gasteiger partial charge in [-0.1, -0.05) is 39.0 Å². The Hall–Kier alpha value is -4.14. The average Bonchev–Trinajstić information content (AvgIpc) is 3.50. The van der Waals surface area contributed by atoms with E-state index in [2.05, 4.69) is 34.7 Å². The molecule has 0 bridgehead atoms. The number of anilines is 1. The van der Waals surface area contributed by atoms with Crippen molar-refractivity contribution in [2.24, 2.45) is 17.3 Å². The van der Waals surface area contributed by atoms with E-state index in [1.54, 1.807) is 24.5 Å². The number of carbonyl (C=O) groups is 2. The molecule has 1 aliphatic heterocycles. The third-order valence-corrected chi connectivity index (χ3v) is 7.79. The number of ketones is 1. The molecule has 6 rings (SSSR count). The number of nitrogens with one attached hydrogen (secondary N) is 2. The molecule has 3 heterocycles. The lowest BCUT2D eigenvalue weighted by Gasteiger charge is -2.37. The molecule has 0 spiro atoms. The van der Waals surface area contributed by atoms with Crippen LogP contribution < -0.4 is 10.7 Å². The molecule has 2 N–H and O–H groups in total. The van der Waals surface area contributed by atoms with E-state index < -0.39 is 11.6 Å². The summed E-state index contributed by atoms with van der Waals surface area (Å²) in [4.78, 5) is 31.9. The van der Waals surface area contributed by atoms with Crippen molar-refractivity contribution in [3.05, 3.63) is 83.0 Å². The Morgan fingerprint density at radius 1 is 1.13 bits per heavy atom. The summed E-state index contributed by atoms with van der Waals surface area (Å²) in [5, 5.41) is 7.84. The number of rotatable bonds is 5. The Labute approximate surface area is 225 Å². The van der Waals surface area contributed by atoms with E-state index in [1.807, 2.05) is 19.1 Å². The maximum atomic E-state index is 13.7. The van der Waals surface area contributed by atoms with Gasteiger partial charge < -0.3 is 5.32 Å². The van der Waals surface area contributed by atoms with Crippen LogP contribution in [0.15, 0.2) is 60.1 Å². The molecule has 39 heavy (non-hydrogen) atoms. The smallest absolute Gasteiger partial charge is 0.243 e. The number of benzene rings is 1. The lowest BCUT2D eigenvalue weighted by molar-refractivity contribution is -0.119. The van der Waals surface area contributed by atoms with Gasteiger partial charge in [-0.2, -0.15) is 9.89 Å². The van der Waals surface area contributed by atoms with Crippen LogP contribution in [0.5, 0.6) is 0 Å². The van der Waals surface area contributed by atoms with Crippen LogP contribution in [-0.4, -0.2) is 26.6 Å². The van der Waals surface area contributed by atoms with Crippen LogP contribution in [0.25, 0.3) is 17.2 Å². The van der Waals surface area contributed by atoms with Crippen molar-refractivity contribution in [1.29, 1.82) is 0 Å². The number of allylic oxidation sites excluding steroid dienone is 3. The van der Waals surface area contributed by atoms with Gasteiger partial charge in [-0.25, -0.2) is 14.2 Å². The van der Waals surface area contributed by atoms with E-state index in [9.17, 15) is 18.4 Å². The van der Waals surface area contributed by atoms with Gasteiger partial charge in [-0.15, -0.1) is 0 Å². The van der Waals surface area contributed by atoms with Crippen molar-refractivity contribution in [3.63, 3.8) is 0 Å². The highest BCUT2D eigenvalue weighted by molar-refractivity contribution is 6.01. The minimum Gasteiger partial charge on any atom is -0.342 e. The van der Waals surface area contributed by atoms with Crippen LogP contribution in [0.3, 0.4) is 0 Å². The van der Waals surface area contributed by atoms with Crippen molar-refractivity contribution in [2.75, 3.05) is 10.7 Å². The summed E-state index contributed by atoms with van der Waals surface area (Å²) in [7, 11) is 0. The van der Waals surface area contributed by atoms with Crippen molar-refractivity contribution >= 4 is 23.6 Å². The molecule has 1 aromatic carbocycles. The molecule has 1 saturated carbocycles. The van der Waals surface area contributed by atoms with Crippen LogP contribution >= 0.6 is 0 Å². The van der Waals surface area contributed by atoms with E-state index >= 15 is 0 Å². The Morgan fingerprint density at radius 2 is 1.90 bits per heavy atom. The second-order valence-electron chi connectivity index (χ2n) is 11.6. The van der Waals surface area contributed by atoms with Crippen LogP contribution in [-0.2, 0) is 9.59 Å². The van der Waals surface area contributed by atoms with Gasteiger partial charge in [0.2, 0.25) is 5.91 Å². The van der Waals surface area contributed by atoms with Crippen LogP contribution in [0.2, 0.25) is 0 Å². The molecule has 3 aliphatic rings. The molecular formula is C30H29F2N5O2. The first kappa shape index (κ1) is 25.2. The Kier molecular flexibility index (Phi) is 5.97. The minimum atomic E-state index is -0.911. The largest absolute Gasteiger partial charge is 0.342 e. The first-order valence-corrected chi connectivity index (χ1v) is 13.1. The Balaban J connectivity index is 1.31. The average molecular weight is 530 g/mol. The number of halogens is 2. The number of Topliss-reactive ketones (excluding diaryl/α,β-unsaturated/α-hetero) is 1. The van der Waals surface area contributed by atoms with Gasteiger partial charge in [-0.05, 0) is 54.0 Å². The summed E-state index contributed by atoms with van der Waals surface area (Å²) in [6, 6.07) is 7.32. The number of fused-ring (bicyclic) bond motifs is 1. The quantitative estimate of drug-likeness (QED) is 0.435. The maximum Gasteiger partial charge on any atom is 0.243 e. The predicted octanol–water partition coefficient (Wildman–Crippen LogP) is 5.82. The lowest BCUT2D eigenvalue weighted by atomic mass is 9.71. The SMILES string of the molecule is CC1CC1C(=O)Nn1ncc2c1NC1=C(C(=O)CC(C)(C)C1)C2/C=C/c1ccc(-c2ccc(F)c(F)c2)cn1.